The van der Waals surface area contributed by atoms with Crippen LogP contribution in [-0.2, 0) is 30.1 Å². The second kappa shape index (κ2) is 50.0. The quantitative estimate of drug-likeness (QED) is 0.155. The van der Waals surface area contributed by atoms with Crippen LogP contribution < -0.4 is 0 Å². The second-order valence-electron chi connectivity index (χ2n) is 22.4. The van der Waals surface area contributed by atoms with Crippen LogP contribution in [0.15, 0.2) is 316 Å². The SMILES string of the molecule is CC.CC.CC.CC.CC.CC.CCC.CCc1cc(C)cc(C)c1.CCc1cc(C)cc(C)c1.CCc1ccccc1.c1ccc(C2(c3ccccc3)c3ccccc3-c3ccccc32)cc1.c1ccc(C2(c3ccccc3)c3ccccc3-c3ccccc32)cc1.c1ccncc1. The number of hydrogen-bond acceptors (Lipinski definition) is 1. The molecule has 1 heterocycles. The minimum Gasteiger partial charge on any atom is -0.265 e. The molecule has 0 atom stereocenters. The number of fused-ring (bicyclic) bond motifs is 6. The Balaban J connectivity index is 0.000000415. The summed E-state index contributed by atoms with van der Waals surface area (Å²) in [4.78, 5) is 3.78. The van der Waals surface area contributed by atoms with E-state index in [1.54, 1.807) is 12.4 Å². The van der Waals surface area contributed by atoms with Gasteiger partial charge < -0.3 is 0 Å². The molecule has 1 heteroatoms. The molecule has 0 unspecified atom stereocenters. The van der Waals surface area contributed by atoms with Crippen LogP contribution in [0.4, 0.5) is 0 Å². The lowest BCUT2D eigenvalue weighted by atomic mass is 9.68. The zero-order valence-corrected chi connectivity index (χ0v) is 64.8. The first kappa shape index (κ1) is 85.7. The van der Waals surface area contributed by atoms with Crippen molar-refractivity contribution in [3.05, 3.63) is 399 Å². The Kier molecular flexibility index (Phi) is 43.2. The average Bonchev–Trinajstić information content (AvgIpc) is 1.57. The first-order valence-corrected chi connectivity index (χ1v) is 37.3. The normalized spacial score (nSPS) is 10.8. The first-order chi connectivity index (χ1) is 48.6. The van der Waals surface area contributed by atoms with Crippen molar-refractivity contribution < 1.29 is 0 Å². The Morgan fingerprint density at radius 2 is 0.414 bits per heavy atom. The highest BCUT2D eigenvalue weighted by Crippen LogP contribution is 2.57. The van der Waals surface area contributed by atoms with Gasteiger partial charge in [-0.3, -0.25) is 4.98 Å². The molecule has 0 amide bonds. The summed E-state index contributed by atoms with van der Waals surface area (Å²) in [6.45, 7) is 43.4. The maximum atomic E-state index is 3.78. The summed E-state index contributed by atoms with van der Waals surface area (Å²) < 4.78 is 0. The molecule has 0 bridgehead atoms. The van der Waals surface area contributed by atoms with E-state index >= 15 is 0 Å². The molecular formula is C98H123N. The molecule has 14 rings (SSSR count). The van der Waals surface area contributed by atoms with Crippen molar-refractivity contribution in [2.45, 2.75) is 182 Å². The second-order valence-corrected chi connectivity index (χ2v) is 22.4. The summed E-state index contributed by atoms with van der Waals surface area (Å²) >= 11 is 0. The van der Waals surface area contributed by atoms with Crippen LogP contribution in [0.3, 0.4) is 0 Å². The van der Waals surface area contributed by atoms with Gasteiger partial charge in [0.2, 0.25) is 0 Å². The van der Waals surface area contributed by atoms with Crippen molar-refractivity contribution >= 4 is 0 Å². The van der Waals surface area contributed by atoms with Crippen LogP contribution in [-0.4, -0.2) is 4.98 Å². The molecule has 520 valence electrons. The van der Waals surface area contributed by atoms with Gasteiger partial charge in [-0.25, -0.2) is 0 Å². The van der Waals surface area contributed by atoms with E-state index in [-0.39, 0.29) is 10.8 Å². The zero-order valence-electron chi connectivity index (χ0n) is 64.8. The van der Waals surface area contributed by atoms with Crippen molar-refractivity contribution in [3.63, 3.8) is 0 Å². The third-order valence-corrected chi connectivity index (χ3v) is 15.9. The molecule has 0 spiro atoms. The summed E-state index contributed by atoms with van der Waals surface area (Å²) in [5, 5.41) is 0. The van der Waals surface area contributed by atoms with E-state index in [4.69, 9.17) is 0 Å². The predicted molar refractivity (Wildman–Crippen MR) is 442 cm³/mol. The molecule has 0 fully saturated rings. The Morgan fingerprint density at radius 1 is 0.222 bits per heavy atom. The van der Waals surface area contributed by atoms with Gasteiger partial charge in [0.05, 0.1) is 10.8 Å². The van der Waals surface area contributed by atoms with Gasteiger partial charge in [-0.2, -0.15) is 0 Å². The highest BCUT2D eigenvalue weighted by atomic mass is 14.6. The van der Waals surface area contributed by atoms with E-state index < -0.39 is 0 Å². The molecule has 1 nitrogen and oxygen atoms in total. The highest BCUT2D eigenvalue weighted by molar-refractivity contribution is 5.87. The number of hydrogen-bond donors (Lipinski definition) is 0. The number of benzene rings is 11. The smallest absolute Gasteiger partial charge is 0.0713 e. The largest absolute Gasteiger partial charge is 0.265 e. The van der Waals surface area contributed by atoms with E-state index in [1.807, 2.05) is 107 Å². The lowest BCUT2D eigenvalue weighted by Gasteiger charge is -2.33. The Bertz CT molecular complexity index is 3480. The fourth-order valence-corrected chi connectivity index (χ4v) is 12.4. The molecular weight excluding hydrogens is 1190 g/mol. The summed E-state index contributed by atoms with van der Waals surface area (Å²) in [5.74, 6) is 0. The topological polar surface area (TPSA) is 12.9 Å². The third-order valence-electron chi connectivity index (χ3n) is 15.9. The monoisotopic (exact) mass is 1310 g/mol. The number of pyridine rings is 1. The van der Waals surface area contributed by atoms with Crippen LogP contribution in [0, 0.1) is 27.7 Å². The molecule has 12 aromatic rings. The highest BCUT2D eigenvalue weighted by Gasteiger charge is 2.47. The van der Waals surface area contributed by atoms with Crippen molar-refractivity contribution in [3.8, 4) is 22.3 Å². The summed E-state index contributed by atoms with van der Waals surface area (Å²) in [6.07, 6.45) is 8.17. The van der Waals surface area contributed by atoms with Gasteiger partial charge in [0.1, 0.15) is 0 Å². The van der Waals surface area contributed by atoms with Crippen LogP contribution in [0.5, 0.6) is 0 Å². The molecule has 2 aliphatic carbocycles. The molecule has 0 radical (unpaired) electrons. The lowest BCUT2D eigenvalue weighted by molar-refractivity contribution is 0.768. The zero-order chi connectivity index (χ0) is 73.3. The van der Waals surface area contributed by atoms with E-state index in [1.165, 1.54) is 112 Å². The maximum absolute atomic E-state index is 3.78. The Hall–Kier alpha value is -9.43. The number of aromatic nitrogens is 1. The minimum atomic E-state index is -0.254. The summed E-state index contributed by atoms with van der Waals surface area (Å²) in [5.41, 5.74) is 25.4. The van der Waals surface area contributed by atoms with Crippen LogP contribution >= 0.6 is 0 Å². The van der Waals surface area contributed by atoms with Gasteiger partial charge in [0, 0.05) is 12.4 Å². The van der Waals surface area contributed by atoms with E-state index in [0.29, 0.717) is 0 Å². The number of rotatable bonds is 7. The van der Waals surface area contributed by atoms with Gasteiger partial charge in [0.25, 0.3) is 0 Å². The van der Waals surface area contributed by atoms with Gasteiger partial charge in [-0.1, -0.05) is 438 Å². The molecule has 0 N–H and O–H groups in total. The predicted octanol–water partition coefficient (Wildman–Crippen LogP) is 28.7. The molecule has 11 aromatic carbocycles. The van der Waals surface area contributed by atoms with Gasteiger partial charge >= 0.3 is 0 Å². The molecule has 0 aliphatic heterocycles. The molecule has 1 aromatic heterocycles. The standard InChI is InChI=1S/2C25H18.2C10H14.C8H10.C5H5N.C3H8.6C2H6/c2*1-3-11-19(12-4-1)25(20-13-5-2-6-14-20)23-17-9-7-15-21(23)22-16-8-10-18-24(22)25;2*1-4-10-6-8(2)5-9(3)7-10;1-2-8-6-4-3-5-7-8;1-2-4-6-5-3-1;1-3-2;6*1-2/h2*1-18H;2*5-7H,4H2,1-3H3;3-7H,2H2,1H3;1-5H;3H2,1-2H3;6*1-2H3. The average molecular weight is 1320 g/mol. The summed E-state index contributed by atoms with van der Waals surface area (Å²) in [7, 11) is 0. The van der Waals surface area contributed by atoms with Crippen LogP contribution in [0.25, 0.3) is 22.3 Å². The fraction of sp³-hybridized carbons (Fsp3) is 0.276. The minimum absolute atomic E-state index is 0.254. The number of nitrogens with zero attached hydrogens (tertiary/aromatic N) is 1. The fourth-order valence-electron chi connectivity index (χ4n) is 12.4. The number of aryl methyl sites for hydroxylation is 7. The van der Waals surface area contributed by atoms with E-state index in [0.717, 1.165) is 19.3 Å². The van der Waals surface area contributed by atoms with E-state index in [2.05, 4.69) is 346 Å². The molecule has 99 heavy (non-hydrogen) atoms. The van der Waals surface area contributed by atoms with Crippen molar-refractivity contribution in [1.29, 1.82) is 0 Å². The summed E-state index contributed by atoms with van der Waals surface area (Å²) in [6, 6.07) is 108. The van der Waals surface area contributed by atoms with Crippen molar-refractivity contribution in [2.75, 3.05) is 0 Å². The van der Waals surface area contributed by atoms with Crippen molar-refractivity contribution in [2.24, 2.45) is 0 Å². The first-order valence-electron chi connectivity index (χ1n) is 37.3. The van der Waals surface area contributed by atoms with Gasteiger partial charge in [0.15, 0.2) is 0 Å². The van der Waals surface area contributed by atoms with Crippen LogP contribution in [0.2, 0.25) is 0 Å². The van der Waals surface area contributed by atoms with E-state index in [9.17, 15) is 0 Å². The van der Waals surface area contributed by atoms with Gasteiger partial charge in [-0.05, 0) is 143 Å². The third kappa shape index (κ3) is 23.9. The van der Waals surface area contributed by atoms with Gasteiger partial charge in [-0.15, -0.1) is 0 Å². The Morgan fingerprint density at radius 3 is 0.596 bits per heavy atom. The lowest BCUT2D eigenvalue weighted by Crippen LogP contribution is -2.28. The Labute approximate surface area is 604 Å². The molecule has 0 saturated heterocycles. The molecule has 2 aliphatic rings. The maximum Gasteiger partial charge on any atom is 0.0713 e. The van der Waals surface area contributed by atoms with Crippen molar-refractivity contribution in [1.82, 2.24) is 4.98 Å². The van der Waals surface area contributed by atoms with Crippen LogP contribution in [0.1, 0.15) is 208 Å². The molecule has 0 saturated carbocycles.